The zero-order chi connectivity index (χ0) is 22.2. The molecule has 0 saturated carbocycles. The van der Waals surface area contributed by atoms with E-state index in [-0.39, 0.29) is 11.3 Å². The van der Waals surface area contributed by atoms with E-state index in [0.29, 0.717) is 24.4 Å². The Hall–Kier alpha value is -3.13. The maximum absolute atomic E-state index is 13.4. The van der Waals surface area contributed by atoms with Crippen molar-refractivity contribution < 1.29 is 22.8 Å². The fourth-order valence-electron chi connectivity index (χ4n) is 4.00. The van der Waals surface area contributed by atoms with Crippen molar-refractivity contribution in [1.82, 2.24) is 9.80 Å². The van der Waals surface area contributed by atoms with Gasteiger partial charge in [-0.3, -0.25) is 9.59 Å². The molecule has 2 aliphatic rings. The normalized spacial score (nSPS) is 18.3. The zero-order valence-electron chi connectivity index (χ0n) is 17.0. The minimum atomic E-state index is -4.49. The van der Waals surface area contributed by atoms with E-state index in [1.165, 1.54) is 12.1 Å². The first kappa shape index (κ1) is 21.1. The summed E-state index contributed by atoms with van der Waals surface area (Å²) in [5.74, 6) is -1.03. The van der Waals surface area contributed by atoms with Crippen molar-refractivity contribution in [2.75, 3.05) is 37.6 Å². The lowest BCUT2D eigenvalue weighted by atomic mass is 10.0. The number of halogens is 3. The fraction of sp³-hybridized carbons (Fsp3) is 0.304. The van der Waals surface area contributed by atoms with Gasteiger partial charge in [-0.15, -0.1) is 0 Å². The molecule has 2 aromatic rings. The topological polar surface area (TPSA) is 43.9 Å². The predicted molar refractivity (Wildman–Crippen MR) is 111 cm³/mol. The number of rotatable bonds is 4. The highest BCUT2D eigenvalue weighted by molar-refractivity contribution is 6.45. The number of benzene rings is 2. The molecular weight excluding hydrogens is 407 g/mol. The van der Waals surface area contributed by atoms with E-state index >= 15 is 0 Å². The molecule has 0 aliphatic carbocycles. The predicted octanol–water partition coefficient (Wildman–Crippen LogP) is 3.63. The Morgan fingerprint density at radius 1 is 0.839 bits per heavy atom. The summed E-state index contributed by atoms with van der Waals surface area (Å²) in [4.78, 5) is 31.9. The van der Waals surface area contributed by atoms with Gasteiger partial charge in [-0.05, 0) is 36.4 Å². The molecule has 1 saturated heterocycles. The summed E-state index contributed by atoms with van der Waals surface area (Å²) in [6, 6.07) is 13.0. The molecule has 31 heavy (non-hydrogen) atoms. The largest absolute Gasteiger partial charge is 0.416 e. The SMILES string of the molecule is CCN1CCN(C2=C(c3ccccc3)C(=O)N(c3ccc(C(F)(F)F)cc3)C2=O)CC1. The van der Waals surface area contributed by atoms with Gasteiger partial charge in [-0.1, -0.05) is 37.3 Å². The van der Waals surface area contributed by atoms with Crippen molar-refractivity contribution in [2.45, 2.75) is 13.1 Å². The number of imide groups is 1. The Labute approximate surface area is 178 Å². The van der Waals surface area contributed by atoms with Crippen molar-refractivity contribution in [3.8, 4) is 0 Å². The molecule has 5 nitrogen and oxygen atoms in total. The Morgan fingerprint density at radius 3 is 2.00 bits per heavy atom. The van der Waals surface area contributed by atoms with Gasteiger partial charge in [0.05, 0.1) is 16.8 Å². The van der Waals surface area contributed by atoms with Crippen molar-refractivity contribution in [3.05, 3.63) is 71.4 Å². The van der Waals surface area contributed by atoms with Gasteiger partial charge in [0.15, 0.2) is 0 Å². The molecule has 2 aliphatic heterocycles. The van der Waals surface area contributed by atoms with Gasteiger partial charge in [0.25, 0.3) is 11.8 Å². The second-order valence-corrected chi connectivity index (χ2v) is 7.50. The Kier molecular flexibility index (Phi) is 5.58. The van der Waals surface area contributed by atoms with Crippen LogP contribution in [0.5, 0.6) is 0 Å². The molecule has 0 aromatic heterocycles. The number of amides is 2. The minimum absolute atomic E-state index is 0.124. The number of piperazine rings is 1. The number of nitrogens with zero attached hydrogens (tertiary/aromatic N) is 3. The molecular formula is C23H22F3N3O2. The third-order valence-corrected chi connectivity index (χ3v) is 5.71. The maximum atomic E-state index is 13.4. The van der Waals surface area contributed by atoms with Gasteiger partial charge < -0.3 is 9.80 Å². The summed E-state index contributed by atoms with van der Waals surface area (Å²) in [6.07, 6.45) is -4.49. The molecule has 0 spiro atoms. The third kappa shape index (κ3) is 3.95. The first-order valence-corrected chi connectivity index (χ1v) is 10.1. The van der Waals surface area contributed by atoms with Crippen molar-refractivity contribution in [3.63, 3.8) is 0 Å². The molecule has 4 rings (SSSR count). The van der Waals surface area contributed by atoms with Crippen molar-refractivity contribution in [1.29, 1.82) is 0 Å². The van der Waals surface area contributed by atoms with Gasteiger partial charge in [0.1, 0.15) is 5.70 Å². The smallest absolute Gasteiger partial charge is 0.364 e. The molecule has 0 radical (unpaired) electrons. The van der Waals surface area contributed by atoms with E-state index in [0.717, 1.165) is 36.7 Å². The number of carbonyl (C=O) groups is 2. The number of hydrogen-bond acceptors (Lipinski definition) is 4. The minimum Gasteiger partial charge on any atom is -0.364 e. The molecule has 162 valence electrons. The number of alkyl halides is 3. The van der Waals surface area contributed by atoms with Crippen LogP contribution in [0.4, 0.5) is 18.9 Å². The summed E-state index contributed by atoms with van der Waals surface area (Å²) in [6.45, 7) is 5.70. The van der Waals surface area contributed by atoms with Crippen LogP contribution in [-0.4, -0.2) is 54.3 Å². The van der Waals surface area contributed by atoms with Crippen molar-refractivity contribution >= 4 is 23.1 Å². The molecule has 0 N–H and O–H groups in total. The monoisotopic (exact) mass is 429 g/mol. The number of hydrogen-bond donors (Lipinski definition) is 0. The Morgan fingerprint density at radius 2 is 1.45 bits per heavy atom. The molecule has 2 amide bonds. The first-order chi connectivity index (χ1) is 14.8. The van der Waals surface area contributed by atoms with Crippen molar-refractivity contribution in [2.24, 2.45) is 0 Å². The lowest BCUT2D eigenvalue weighted by Gasteiger charge is -2.36. The fourth-order valence-corrected chi connectivity index (χ4v) is 4.00. The van der Waals surface area contributed by atoms with Crippen LogP contribution in [-0.2, 0) is 15.8 Å². The number of likely N-dealkylation sites (N-methyl/N-ethyl adjacent to an activating group) is 1. The zero-order valence-corrected chi connectivity index (χ0v) is 17.0. The molecule has 0 atom stereocenters. The molecule has 1 fully saturated rings. The van der Waals surface area contributed by atoms with E-state index in [9.17, 15) is 22.8 Å². The average molecular weight is 429 g/mol. The van der Waals surface area contributed by atoms with Crippen LogP contribution >= 0.6 is 0 Å². The van der Waals surface area contributed by atoms with Gasteiger partial charge in [0.2, 0.25) is 0 Å². The third-order valence-electron chi connectivity index (χ3n) is 5.71. The van der Waals surface area contributed by atoms with Crippen LogP contribution in [0.25, 0.3) is 5.57 Å². The van der Waals surface area contributed by atoms with Gasteiger partial charge in [-0.25, -0.2) is 4.90 Å². The van der Waals surface area contributed by atoms with Gasteiger partial charge in [0, 0.05) is 26.2 Å². The lowest BCUT2D eigenvalue weighted by molar-refractivity contribution is -0.137. The van der Waals surface area contributed by atoms with E-state index in [1.54, 1.807) is 24.3 Å². The van der Waals surface area contributed by atoms with E-state index in [2.05, 4.69) is 11.8 Å². The quantitative estimate of drug-likeness (QED) is 0.697. The second-order valence-electron chi connectivity index (χ2n) is 7.50. The number of carbonyl (C=O) groups excluding carboxylic acids is 2. The molecule has 2 aromatic carbocycles. The van der Waals surface area contributed by atoms with Crippen LogP contribution in [0.3, 0.4) is 0 Å². The number of anilines is 1. The van der Waals surface area contributed by atoms with Crippen LogP contribution in [0.15, 0.2) is 60.3 Å². The highest BCUT2D eigenvalue weighted by Crippen LogP contribution is 2.36. The summed E-state index contributed by atoms with van der Waals surface area (Å²) in [7, 11) is 0. The van der Waals surface area contributed by atoms with Gasteiger partial charge >= 0.3 is 6.18 Å². The van der Waals surface area contributed by atoms with Crippen LogP contribution in [0.1, 0.15) is 18.1 Å². The average Bonchev–Trinajstić information content (AvgIpc) is 3.04. The maximum Gasteiger partial charge on any atom is 0.416 e. The summed E-state index contributed by atoms with van der Waals surface area (Å²) in [5.41, 5.74) is 0.506. The van der Waals surface area contributed by atoms with Gasteiger partial charge in [-0.2, -0.15) is 13.2 Å². The lowest BCUT2D eigenvalue weighted by Crippen LogP contribution is -2.47. The van der Waals surface area contributed by atoms with Crippen LogP contribution < -0.4 is 4.90 Å². The standard InChI is InChI=1S/C23H22F3N3O2/c1-2-27-12-14-28(15-13-27)20-19(16-6-4-3-5-7-16)21(30)29(22(20)31)18-10-8-17(9-11-18)23(24,25)26/h3-11H,2,12-15H2,1H3. The summed E-state index contributed by atoms with van der Waals surface area (Å²) in [5, 5.41) is 0. The summed E-state index contributed by atoms with van der Waals surface area (Å²) >= 11 is 0. The molecule has 0 bridgehead atoms. The van der Waals surface area contributed by atoms with E-state index in [1.807, 2.05) is 11.0 Å². The molecule has 0 unspecified atom stereocenters. The van der Waals surface area contributed by atoms with E-state index in [4.69, 9.17) is 0 Å². The Bertz CT molecular complexity index is 1010. The van der Waals surface area contributed by atoms with Crippen LogP contribution in [0.2, 0.25) is 0 Å². The highest BCUT2D eigenvalue weighted by Gasteiger charge is 2.43. The Balaban J connectivity index is 1.72. The van der Waals surface area contributed by atoms with E-state index < -0.39 is 23.6 Å². The molecule has 8 heteroatoms. The highest BCUT2D eigenvalue weighted by atomic mass is 19.4. The molecule has 2 heterocycles. The summed E-state index contributed by atoms with van der Waals surface area (Å²) < 4.78 is 38.8. The second kappa shape index (κ2) is 8.19. The first-order valence-electron chi connectivity index (χ1n) is 10.1. The van der Waals surface area contributed by atoms with Crippen LogP contribution in [0, 0.1) is 0 Å².